The molecule has 1 aromatic carbocycles. The molecule has 0 bridgehead atoms. The topological polar surface area (TPSA) is 41.5 Å². The van der Waals surface area contributed by atoms with Gasteiger partial charge in [0, 0.05) is 56.9 Å². The maximum Gasteiger partial charge on any atom is 0.205 e. The zero-order valence-corrected chi connectivity index (χ0v) is 14.5. The van der Waals surface area contributed by atoms with Gasteiger partial charge in [-0.15, -0.1) is 0 Å². The Balaban J connectivity index is 1.62. The highest BCUT2D eigenvalue weighted by molar-refractivity contribution is 7.09. The van der Waals surface area contributed by atoms with Crippen LogP contribution in [0, 0.1) is 11.6 Å². The lowest BCUT2D eigenvalue weighted by Crippen LogP contribution is -2.51. The number of rotatable bonds is 5. The van der Waals surface area contributed by atoms with Crippen LogP contribution in [0.1, 0.15) is 18.3 Å². The second-order valence-electron chi connectivity index (χ2n) is 5.97. The average Bonchev–Trinajstić information content (AvgIpc) is 2.97. The number of ether oxygens (including phenoxy) is 1. The van der Waals surface area contributed by atoms with Gasteiger partial charge in [0.15, 0.2) is 5.82 Å². The van der Waals surface area contributed by atoms with Gasteiger partial charge >= 0.3 is 0 Å². The van der Waals surface area contributed by atoms with Crippen LogP contribution >= 0.6 is 11.5 Å². The predicted octanol–water partition coefficient (Wildman–Crippen LogP) is 2.67. The van der Waals surface area contributed by atoms with Crippen LogP contribution in [-0.4, -0.2) is 47.0 Å². The van der Waals surface area contributed by atoms with Crippen molar-refractivity contribution in [3.8, 4) is 0 Å². The lowest BCUT2D eigenvalue weighted by atomic mass is 10.1. The first-order chi connectivity index (χ1) is 11.5. The van der Waals surface area contributed by atoms with E-state index < -0.39 is 11.6 Å². The number of hydrogen-bond donors (Lipinski definition) is 0. The number of benzene rings is 1. The van der Waals surface area contributed by atoms with E-state index in [1.807, 2.05) is 0 Å². The van der Waals surface area contributed by atoms with Crippen LogP contribution in [0.3, 0.4) is 0 Å². The molecule has 1 atom stereocenters. The maximum atomic E-state index is 13.3. The molecule has 1 saturated heterocycles. The highest BCUT2D eigenvalue weighted by Crippen LogP contribution is 2.23. The van der Waals surface area contributed by atoms with E-state index in [0.717, 1.165) is 30.8 Å². The molecule has 130 valence electrons. The molecule has 1 aliphatic rings. The fourth-order valence-corrected chi connectivity index (χ4v) is 3.61. The van der Waals surface area contributed by atoms with Crippen molar-refractivity contribution in [2.45, 2.75) is 26.1 Å². The molecule has 0 saturated carbocycles. The summed E-state index contributed by atoms with van der Waals surface area (Å²) in [7, 11) is 1.62. The van der Waals surface area contributed by atoms with E-state index in [4.69, 9.17) is 4.74 Å². The minimum absolute atomic E-state index is 0.250. The fourth-order valence-electron chi connectivity index (χ4n) is 2.90. The molecular weight excluding hydrogens is 334 g/mol. The molecule has 24 heavy (non-hydrogen) atoms. The van der Waals surface area contributed by atoms with Crippen molar-refractivity contribution < 1.29 is 13.5 Å². The molecule has 0 radical (unpaired) electrons. The molecule has 1 fully saturated rings. The minimum atomic E-state index is -0.532. The normalized spacial score (nSPS) is 19.0. The van der Waals surface area contributed by atoms with Crippen molar-refractivity contribution in [1.29, 1.82) is 0 Å². The third-order valence-electron chi connectivity index (χ3n) is 4.07. The van der Waals surface area contributed by atoms with E-state index in [0.29, 0.717) is 24.5 Å². The van der Waals surface area contributed by atoms with Crippen LogP contribution in [-0.2, 0) is 17.9 Å². The highest BCUT2D eigenvalue weighted by atomic mass is 32.1. The molecule has 3 rings (SSSR count). The van der Waals surface area contributed by atoms with Crippen molar-refractivity contribution >= 4 is 16.7 Å². The van der Waals surface area contributed by atoms with E-state index in [9.17, 15) is 8.78 Å². The highest BCUT2D eigenvalue weighted by Gasteiger charge is 2.26. The molecule has 1 unspecified atom stereocenters. The smallest absolute Gasteiger partial charge is 0.205 e. The summed E-state index contributed by atoms with van der Waals surface area (Å²) in [5.41, 5.74) is 0.658. The number of piperazine rings is 1. The molecule has 2 heterocycles. The van der Waals surface area contributed by atoms with Gasteiger partial charge in [0.05, 0.1) is 0 Å². The first kappa shape index (κ1) is 17.2. The number of hydrogen-bond acceptors (Lipinski definition) is 6. The number of aromatic nitrogens is 2. The number of methoxy groups -OCH3 is 1. The molecule has 5 nitrogen and oxygen atoms in total. The standard InChI is InChI=1S/C16H20F2N4OS/c1-11-8-22(16-19-15(10-23-2)20-24-16)4-3-21(11)9-12-5-13(17)7-14(18)6-12/h5-7,11H,3-4,8-10H2,1-2H3. The van der Waals surface area contributed by atoms with Gasteiger partial charge in [-0.05, 0) is 24.6 Å². The fraction of sp³-hybridized carbons (Fsp3) is 0.500. The molecule has 2 aromatic rings. The second kappa shape index (κ2) is 7.50. The van der Waals surface area contributed by atoms with Crippen molar-refractivity contribution in [2.75, 3.05) is 31.6 Å². The van der Waals surface area contributed by atoms with Crippen molar-refractivity contribution in [3.05, 3.63) is 41.2 Å². The van der Waals surface area contributed by atoms with Gasteiger partial charge < -0.3 is 9.64 Å². The van der Waals surface area contributed by atoms with E-state index in [2.05, 4.69) is 26.1 Å². The summed E-state index contributed by atoms with van der Waals surface area (Å²) in [5.74, 6) is -0.366. The number of nitrogens with zero attached hydrogens (tertiary/aromatic N) is 4. The van der Waals surface area contributed by atoms with Gasteiger partial charge in [0.25, 0.3) is 0 Å². The monoisotopic (exact) mass is 354 g/mol. The summed E-state index contributed by atoms with van der Waals surface area (Å²) in [4.78, 5) is 8.90. The zero-order valence-electron chi connectivity index (χ0n) is 13.7. The Morgan fingerprint density at radius 1 is 1.25 bits per heavy atom. The van der Waals surface area contributed by atoms with Crippen LogP contribution in [0.15, 0.2) is 18.2 Å². The summed E-state index contributed by atoms with van der Waals surface area (Å²) in [6, 6.07) is 3.94. The van der Waals surface area contributed by atoms with Crippen LogP contribution in [0.2, 0.25) is 0 Å². The van der Waals surface area contributed by atoms with Gasteiger partial charge in [0.2, 0.25) is 5.13 Å². The number of anilines is 1. The summed E-state index contributed by atoms with van der Waals surface area (Å²) in [6.07, 6.45) is 0. The largest absolute Gasteiger partial charge is 0.377 e. The molecule has 0 amide bonds. The predicted molar refractivity (Wildman–Crippen MR) is 89.1 cm³/mol. The van der Waals surface area contributed by atoms with E-state index in [-0.39, 0.29) is 6.04 Å². The summed E-state index contributed by atoms with van der Waals surface area (Å²) >= 11 is 1.37. The lowest BCUT2D eigenvalue weighted by molar-refractivity contribution is 0.177. The van der Waals surface area contributed by atoms with Crippen LogP contribution < -0.4 is 4.90 Å². The van der Waals surface area contributed by atoms with Gasteiger partial charge in [0.1, 0.15) is 18.2 Å². The Morgan fingerprint density at radius 3 is 2.67 bits per heavy atom. The quantitative estimate of drug-likeness (QED) is 0.826. The van der Waals surface area contributed by atoms with Gasteiger partial charge in [-0.1, -0.05) is 0 Å². The van der Waals surface area contributed by atoms with E-state index in [1.54, 1.807) is 7.11 Å². The summed E-state index contributed by atoms with van der Waals surface area (Å²) in [6.45, 7) is 5.48. The third-order valence-corrected chi connectivity index (χ3v) is 4.89. The van der Waals surface area contributed by atoms with Gasteiger partial charge in [-0.3, -0.25) is 4.90 Å². The minimum Gasteiger partial charge on any atom is -0.377 e. The Bertz CT molecular complexity index is 676. The Labute approximate surface area is 144 Å². The molecule has 0 aliphatic carbocycles. The molecule has 1 aromatic heterocycles. The Morgan fingerprint density at radius 2 is 2.00 bits per heavy atom. The Hall–Kier alpha value is -1.64. The second-order valence-corrected chi connectivity index (χ2v) is 6.70. The SMILES string of the molecule is COCc1nsc(N2CCN(Cc3cc(F)cc(F)c3)C(C)C2)n1. The van der Waals surface area contributed by atoms with Crippen molar-refractivity contribution in [1.82, 2.24) is 14.3 Å². The molecule has 8 heteroatoms. The average molecular weight is 354 g/mol. The molecule has 0 spiro atoms. The number of halogens is 2. The zero-order chi connectivity index (χ0) is 17.1. The third kappa shape index (κ3) is 4.06. The lowest BCUT2D eigenvalue weighted by Gasteiger charge is -2.39. The summed E-state index contributed by atoms with van der Waals surface area (Å²) in [5, 5.41) is 0.894. The summed E-state index contributed by atoms with van der Waals surface area (Å²) < 4.78 is 36.0. The van der Waals surface area contributed by atoms with Crippen molar-refractivity contribution in [2.24, 2.45) is 0 Å². The van der Waals surface area contributed by atoms with Crippen molar-refractivity contribution in [3.63, 3.8) is 0 Å². The van der Waals surface area contributed by atoms with Crippen LogP contribution in [0.5, 0.6) is 0 Å². The molecule has 1 aliphatic heterocycles. The Kier molecular flexibility index (Phi) is 5.37. The van der Waals surface area contributed by atoms with E-state index in [1.165, 1.54) is 23.7 Å². The van der Waals surface area contributed by atoms with Crippen LogP contribution in [0.25, 0.3) is 0 Å². The first-order valence-electron chi connectivity index (χ1n) is 7.80. The van der Waals surface area contributed by atoms with Gasteiger partial charge in [-0.2, -0.15) is 4.37 Å². The van der Waals surface area contributed by atoms with Crippen LogP contribution in [0.4, 0.5) is 13.9 Å². The molecular formula is C16H20F2N4OS. The van der Waals surface area contributed by atoms with Gasteiger partial charge in [-0.25, -0.2) is 13.8 Å². The maximum absolute atomic E-state index is 13.3. The first-order valence-corrected chi connectivity index (χ1v) is 8.58. The van der Waals surface area contributed by atoms with E-state index >= 15 is 0 Å². The molecule has 0 N–H and O–H groups in total.